The summed E-state index contributed by atoms with van der Waals surface area (Å²) in [6.07, 6.45) is 5.45. The molecule has 1 atom stereocenters. The number of nitrogens with zero attached hydrogens (tertiary/aromatic N) is 3. The topological polar surface area (TPSA) is 47.4 Å². The number of imidazole rings is 1. The maximum atomic E-state index is 12.3. The second-order valence-corrected chi connectivity index (χ2v) is 5.43. The van der Waals surface area contributed by atoms with Crippen molar-refractivity contribution >= 4 is 17.2 Å². The van der Waals surface area contributed by atoms with E-state index in [4.69, 9.17) is 4.74 Å². The molecule has 1 saturated heterocycles. The first-order chi connectivity index (χ1) is 9.33. The first-order valence-corrected chi connectivity index (χ1v) is 7.11. The van der Waals surface area contributed by atoms with E-state index in [-0.39, 0.29) is 12.0 Å². The Balaban J connectivity index is 1.63. The van der Waals surface area contributed by atoms with Crippen LogP contribution in [0.15, 0.2) is 36.2 Å². The van der Waals surface area contributed by atoms with E-state index in [9.17, 15) is 4.79 Å². The van der Waals surface area contributed by atoms with E-state index in [2.05, 4.69) is 4.98 Å². The molecule has 0 bridgehead atoms. The van der Waals surface area contributed by atoms with Crippen LogP contribution < -0.4 is 0 Å². The van der Waals surface area contributed by atoms with Gasteiger partial charge in [0.05, 0.1) is 30.5 Å². The Morgan fingerprint density at radius 1 is 1.58 bits per heavy atom. The van der Waals surface area contributed by atoms with Crippen molar-refractivity contribution in [1.82, 2.24) is 14.5 Å². The third-order valence-electron chi connectivity index (χ3n) is 3.13. The van der Waals surface area contributed by atoms with E-state index >= 15 is 0 Å². The van der Waals surface area contributed by atoms with Gasteiger partial charge in [0.25, 0.3) is 5.91 Å². The Hall–Kier alpha value is -1.66. The number of ether oxygens (including phenoxy) is 1. The molecular formula is C13H15N3O2S. The minimum atomic E-state index is 0.0341. The van der Waals surface area contributed by atoms with Crippen molar-refractivity contribution in [2.24, 2.45) is 0 Å². The maximum absolute atomic E-state index is 12.3. The number of aromatic nitrogens is 2. The van der Waals surface area contributed by atoms with E-state index in [1.165, 1.54) is 11.3 Å². The van der Waals surface area contributed by atoms with Crippen LogP contribution in [0.5, 0.6) is 0 Å². The Morgan fingerprint density at radius 2 is 2.53 bits per heavy atom. The van der Waals surface area contributed by atoms with Gasteiger partial charge in [-0.25, -0.2) is 4.98 Å². The fraction of sp³-hybridized carbons (Fsp3) is 0.385. The smallest absolute Gasteiger partial charge is 0.264 e. The highest BCUT2D eigenvalue weighted by molar-refractivity contribution is 7.12. The molecule has 2 aromatic heterocycles. The van der Waals surface area contributed by atoms with Crippen LogP contribution in [0, 0.1) is 0 Å². The first kappa shape index (κ1) is 12.4. The second kappa shape index (κ2) is 5.54. The van der Waals surface area contributed by atoms with E-state index in [0.717, 1.165) is 11.4 Å². The lowest BCUT2D eigenvalue weighted by molar-refractivity contribution is -0.0284. The van der Waals surface area contributed by atoms with Crippen LogP contribution in [0.2, 0.25) is 0 Å². The number of amides is 1. The summed E-state index contributed by atoms with van der Waals surface area (Å²) < 4.78 is 7.69. The van der Waals surface area contributed by atoms with Crippen LogP contribution in [0.3, 0.4) is 0 Å². The van der Waals surface area contributed by atoms with Gasteiger partial charge in [0, 0.05) is 25.5 Å². The first-order valence-electron chi connectivity index (χ1n) is 6.23. The molecule has 0 spiro atoms. The Labute approximate surface area is 115 Å². The standard InChI is InChI=1S/C13H15N3O2S/c17-13(12-2-1-7-19-12)16-5-6-18-11(9-16)8-15-4-3-14-10-15/h1-4,7,10-11H,5-6,8-9H2. The third-order valence-corrected chi connectivity index (χ3v) is 3.99. The van der Waals surface area contributed by atoms with E-state index < -0.39 is 0 Å². The summed E-state index contributed by atoms with van der Waals surface area (Å²) in [5.74, 6) is 0.105. The number of hydrogen-bond donors (Lipinski definition) is 0. The van der Waals surface area contributed by atoms with Crippen molar-refractivity contribution in [3.63, 3.8) is 0 Å². The molecule has 3 heterocycles. The van der Waals surface area contributed by atoms with Gasteiger partial charge < -0.3 is 14.2 Å². The van der Waals surface area contributed by atoms with Gasteiger partial charge >= 0.3 is 0 Å². The van der Waals surface area contributed by atoms with E-state index in [1.54, 1.807) is 12.5 Å². The third kappa shape index (κ3) is 2.85. The zero-order valence-electron chi connectivity index (χ0n) is 10.4. The summed E-state index contributed by atoms with van der Waals surface area (Å²) in [6.45, 7) is 2.62. The number of morpholine rings is 1. The average molecular weight is 277 g/mol. The highest BCUT2D eigenvalue weighted by Gasteiger charge is 2.25. The van der Waals surface area contributed by atoms with Gasteiger partial charge in [-0.2, -0.15) is 0 Å². The molecule has 3 rings (SSSR count). The SMILES string of the molecule is O=C(c1cccs1)N1CCOC(Cn2ccnc2)C1. The molecule has 1 aliphatic rings. The molecule has 0 aliphatic carbocycles. The highest BCUT2D eigenvalue weighted by atomic mass is 32.1. The largest absolute Gasteiger partial charge is 0.373 e. The molecule has 0 saturated carbocycles. The minimum Gasteiger partial charge on any atom is -0.373 e. The quantitative estimate of drug-likeness (QED) is 0.854. The van der Waals surface area contributed by atoms with Crippen LogP contribution in [-0.4, -0.2) is 46.2 Å². The van der Waals surface area contributed by atoms with E-state index in [1.807, 2.05) is 33.2 Å². The molecule has 0 N–H and O–H groups in total. The molecule has 5 nitrogen and oxygen atoms in total. The van der Waals surface area contributed by atoms with Gasteiger partial charge in [0.15, 0.2) is 0 Å². The second-order valence-electron chi connectivity index (χ2n) is 4.48. The number of carbonyl (C=O) groups is 1. The number of thiophene rings is 1. The molecule has 1 amide bonds. The Kier molecular flexibility index (Phi) is 3.61. The molecule has 1 fully saturated rings. The predicted octanol–water partition coefficient (Wildman–Crippen LogP) is 1.49. The van der Waals surface area contributed by atoms with Gasteiger partial charge in [-0.1, -0.05) is 6.07 Å². The average Bonchev–Trinajstić information content (AvgIpc) is 3.11. The highest BCUT2D eigenvalue weighted by Crippen LogP contribution is 2.15. The summed E-state index contributed by atoms with van der Waals surface area (Å²) in [4.78, 5) is 18.9. The molecule has 0 radical (unpaired) electrons. The lowest BCUT2D eigenvalue weighted by atomic mass is 10.2. The zero-order valence-corrected chi connectivity index (χ0v) is 11.3. The summed E-state index contributed by atoms with van der Waals surface area (Å²) in [5.41, 5.74) is 0. The molecule has 1 aliphatic heterocycles. The van der Waals surface area contributed by atoms with Gasteiger partial charge in [-0.15, -0.1) is 11.3 Å². The minimum absolute atomic E-state index is 0.0341. The van der Waals surface area contributed by atoms with Crippen LogP contribution >= 0.6 is 11.3 Å². The summed E-state index contributed by atoms with van der Waals surface area (Å²) in [5, 5.41) is 1.93. The van der Waals surface area contributed by atoms with Crippen molar-refractivity contribution in [3.05, 3.63) is 41.1 Å². The number of hydrogen-bond acceptors (Lipinski definition) is 4. The molecular weight excluding hydrogens is 262 g/mol. The van der Waals surface area contributed by atoms with Crippen molar-refractivity contribution < 1.29 is 9.53 Å². The van der Waals surface area contributed by atoms with Gasteiger partial charge in [-0.3, -0.25) is 4.79 Å². The number of rotatable bonds is 3. The van der Waals surface area contributed by atoms with Crippen LogP contribution in [0.1, 0.15) is 9.67 Å². The molecule has 2 aromatic rings. The molecule has 100 valence electrons. The summed E-state index contributed by atoms with van der Waals surface area (Å²) in [6, 6.07) is 3.77. The van der Waals surface area contributed by atoms with Crippen molar-refractivity contribution in [3.8, 4) is 0 Å². The fourth-order valence-corrected chi connectivity index (χ4v) is 2.89. The van der Waals surface area contributed by atoms with Gasteiger partial charge in [0.1, 0.15) is 0 Å². The Morgan fingerprint density at radius 3 is 3.26 bits per heavy atom. The van der Waals surface area contributed by atoms with Crippen molar-refractivity contribution in [2.75, 3.05) is 19.7 Å². The lowest BCUT2D eigenvalue weighted by Crippen LogP contribution is -2.46. The molecule has 6 heteroatoms. The summed E-state index contributed by atoms with van der Waals surface area (Å²) in [7, 11) is 0. The van der Waals surface area contributed by atoms with E-state index in [0.29, 0.717) is 19.7 Å². The molecule has 0 aromatic carbocycles. The van der Waals surface area contributed by atoms with Crippen LogP contribution in [0.4, 0.5) is 0 Å². The van der Waals surface area contributed by atoms with Crippen LogP contribution in [0.25, 0.3) is 0 Å². The fourth-order valence-electron chi connectivity index (χ4n) is 2.20. The molecule has 1 unspecified atom stereocenters. The predicted molar refractivity (Wildman–Crippen MR) is 72.2 cm³/mol. The van der Waals surface area contributed by atoms with Crippen molar-refractivity contribution in [1.29, 1.82) is 0 Å². The lowest BCUT2D eigenvalue weighted by Gasteiger charge is -2.32. The normalized spacial score (nSPS) is 19.6. The van der Waals surface area contributed by atoms with Crippen LogP contribution in [-0.2, 0) is 11.3 Å². The van der Waals surface area contributed by atoms with Crippen molar-refractivity contribution in [2.45, 2.75) is 12.6 Å². The monoisotopic (exact) mass is 277 g/mol. The van der Waals surface area contributed by atoms with Gasteiger partial charge in [0.2, 0.25) is 0 Å². The Bertz CT molecular complexity index is 524. The zero-order chi connectivity index (χ0) is 13.1. The number of carbonyl (C=O) groups excluding carboxylic acids is 1. The van der Waals surface area contributed by atoms with Gasteiger partial charge in [-0.05, 0) is 11.4 Å². The maximum Gasteiger partial charge on any atom is 0.264 e. The molecule has 19 heavy (non-hydrogen) atoms. The summed E-state index contributed by atoms with van der Waals surface area (Å²) >= 11 is 1.48.